The van der Waals surface area contributed by atoms with E-state index in [0.29, 0.717) is 13.2 Å². The topological polar surface area (TPSA) is 38.8 Å². The predicted molar refractivity (Wildman–Crippen MR) is 153 cm³/mol. The van der Waals surface area contributed by atoms with Crippen LogP contribution in [0.1, 0.15) is 105 Å². The van der Waals surface area contributed by atoms with Crippen LogP contribution in [0.2, 0.25) is 13.3 Å². The summed E-state index contributed by atoms with van der Waals surface area (Å²) in [5.74, 6) is 0. The fourth-order valence-corrected chi connectivity index (χ4v) is 24.8. The zero-order valence-electron chi connectivity index (χ0n) is 23.9. The molecule has 1 saturated heterocycles. The Morgan fingerprint density at radius 3 is 2.14 bits per heavy atom. The van der Waals surface area contributed by atoms with Crippen molar-refractivity contribution < 1.29 is 14.3 Å². The molecule has 5 heteroatoms. The maximum atomic E-state index is 13.7. The molecule has 1 aromatic carbocycles. The van der Waals surface area contributed by atoms with Crippen molar-refractivity contribution in [3.05, 3.63) is 45.6 Å². The third kappa shape index (κ3) is 6.70. The van der Waals surface area contributed by atoms with Gasteiger partial charge in [-0.15, -0.1) is 0 Å². The van der Waals surface area contributed by atoms with E-state index in [1.807, 2.05) is 25.7 Å². The number of hydrogen-bond acceptors (Lipinski definition) is 3. The van der Waals surface area contributed by atoms with Gasteiger partial charge >= 0.3 is 226 Å². The Kier molecular flexibility index (Phi) is 10.8. The molecule has 1 spiro atoms. The van der Waals surface area contributed by atoms with Crippen LogP contribution >= 0.6 is 0 Å². The summed E-state index contributed by atoms with van der Waals surface area (Å²) in [6.45, 7) is 14.3. The summed E-state index contributed by atoms with van der Waals surface area (Å²) in [7, 11) is 0. The number of carbonyl (C=O) groups is 1. The summed E-state index contributed by atoms with van der Waals surface area (Å²) in [4.78, 5) is 15.7. The van der Waals surface area contributed by atoms with Gasteiger partial charge in [-0.05, 0) is 0 Å². The molecule has 0 radical (unpaired) electrons. The van der Waals surface area contributed by atoms with E-state index < -0.39 is 29.6 Å². The van der Waals surface area contributed by atoms with E-state index in [-0.39, 0.29) is 12.1 Å². The van der Waals surface area contributed by atoms with Gasteiger partial charge in [0.2, 0.25) is 0 Å². The van der Waals surface area contributed by atoms with Gasteiger partial charge in [0.05, 0.1) is 0 Å². The van der Waals surface area contributed by atoms with Crippen molar-refractivity contribution in [2.75, 3.05) is 13.2 Å². The second kappa shape index (κ2) is 13.2. The van der Waals surface area contributed by atoms with Crippen LogP contribution in [-0.2, 0) is 9.47 Å². The summed E-state index contributed by atoms with van der Waals surface area (Å²) in [6, 6.07) is 10.5. The van der Waals surface area contributed by atoms with Crippen LogP contribution in [-0.4, -0.2) is 53.7 Å². The monoisotopic (exact) mass is 605 g/mol. The van der Waals surface area contributed by atoms with E-state index in [0.717, 1.165) is 12.8 Å². The second-order valence-electron chi connectivity index (χ2n) is 12.0. The molecule has 3 rings (SSSR count). The van der Waals surface area contributed by atoms with Crippen molar-refractivity contribution in [1.29, 1.82) is 0 Å². The van der Waals surface area contributed by atoms with Crippen LogP contribution in [0.15, 0.2) is 40.0 Å². The molecule has 2 atom stereocenters. The van der Waals surface area contributed by atoms with Crippen molar-refractivity contribution >= 4 is 24.5 Å². The Bertz CT molecular complexity index is 841. The zero-order valence-corrected chi connectivity index (χ0v) is 26.8. The molecule has 2 aliphatic rings. The molecular formula is C31H51NO3Sn. The first-order valence-electron chi connectivity index (χ1n) is 14.6. The minimum atomic E-state index is -2.81. The van der Waals surface area contributed by atoms with Crippen molar-refractivity contribution in [2.24, 2.45) is 0 Å². The van der Waals surface area contributed by atoms with Crippen LogP contribution in [0.3, 0.4) is 0 Å². The second-order valence-corrected chi connectivity index (χ2v) is 25.1. The van der Waals surface area contributed by atoms with Crippen LogP contribution in [0, 0.1) is 0 Å². The number of ether oxygens (including phenoxy) is 2. The van der Waals surface area contributed by atoms with E-state index in [4.69, 9.17) is 9.47 Å². The standard InChI is InChI=1S/C19H24NO3.3C4H9.Sn/c1-18(2,3)23-17(21)20-13-7-11-19(12-8-14-22-19)16(20)15-9-5-4-6-10-15;3*1-3-4-2;/h4-6,8-10,16H,7,11,13-14H2,1-3H3;3*1,3-4H2,2H3;/t16-,19-;;;;/m0..../s1. The van der Waals surface area contributed by atoms with Gasteiger partial charge in [-0.1, -0.05) is 0 Å². The summed E-state index contributed by atoms with van der Waals surface area (Å²) in [5.41, 5.74) is 0.254. The minimum absolute atomic E-state index is 0.128. The van der Waals surface area contributed by atoms with Crippen LogP contribution < -0.4 is 0 Å². The molecule has 0 aromatic heterocycles. The number of hydrogen-bond donors (Lipinski definition) is 0. The Hall–Kier alpha value is -1.01. The maximum absolute atomic E-state index is 13.7. The van der Waals surface area contributed by atoms with Gasteiger partial charge in [0.25, 0.3) is 0 Å². The fourth-order valence-electron chi connectivity index (χ4n) is 6.58. The number of piperidine rings is 1. The van der Waals surface area contributed by atoms with Gasteiger partial charge in [-0.2, -0.15) is 0 Å². The van der Waals surface area contributed by atoms with Gasteiger partial charge in [-0.3, -0.25) is 0 Å². The van der Waals surface area contributed by atoms with Crippen molar-refractivity contribution in [3.8, 4) is 0 Å². The number of benzene rings is 1. The number of amides is 1. The molecule has 1 amide bonds. The Labute approximate surface area is 225 Å². The van der Waals surface area contributed by atoms with Crippen molar-refractivity contribution in [2.45, 2.75) is 123 Å². The SMILES string of the molecule is CCC[CH2][Sn]([CH2]CCC)([CH2]CCC)[C]1=CCO[C@@]12CCCN(C(=O)OC(C)(C)C)[C@H]2c1ccccc1. The van der Waals surface area contributed by atoms with Gasteiger partial charge in [0, 0.05) is 0 Å². The predicted octanol–water partition coefficient (Wildman–Crippen LogP) is 8.84. The molecule has 0 bridgehead atoms. The third-order valence-electron chi connectivity index (χ3n) is 8.13. The van der Waals surface area contributed by atoms with Gasteiger partial charge in [0.15, 0.2) is 0 Å². The van der Waals surface area contributed by atoms with Crippen molar-refractivity contribution in [1.82, 2.24) is 4.90 Å². The molecule has 2 heterocycles. The number of unbranched alkanes of at least 4 members (excludes halogenated alkanes) is 3. The summed E-state index contributed by atoms with van der Waals surface area (Å²) < 4.78 is 18.8. The zero-order chi connectivity index (χ0) is 26.2. The van der Waals surface area contributed by atoms with E-state index in [1.54, 1.807) is 3.59 Å². The van der Waals surface area contributed by atoms with Gasteiger partial charge in [-0.25, -0.2) is 0 Å². The number of rotatable bonds is 11. The van der Waals surface area contributed by atoms with Gasteiger partial charge < -0.3 is 0 Å². The molecule has 0 N–H and O–H groups in total. The van der Waals surface area contributed by atoms with Crippen LogP contribution in [0.5, 0.6) is 0 Å². The normalized spacial score (nSPS) is 22.7. The molecule has 36 heavy (non-hydrogen) atoms. The fraction of sp³-hybridized carbons (Fsp3) is 0.710. The van der Waals surface area contributed by atoms with Gasteiger partial charge in [0.1, 0.15) is 0 Å². The summed E-state index contributed by atoms with van der Waals surface area (Å²) in [6.07, 6.45) is 12.0. The summed E-state index contributed by atoms with van der Waals surface area (Å²) in [5, 5.41) is 0. The Morgan fingerprint density at radius 2 is 1.61 bits per heavy atom. The molecule has 0 saturated carbocycles. The Morgan fingerprint density at radius 1 is 1.03 bits per heavy atom. The van der Waals surface area contributed by atoms with Crippen molar-refractivity contribution in [3.63, 3.8) is 0 Å². The molecule has 0 unspecified atom stereocenters. The first-order chi connectivity index (χ1) is 17.2. The quantitative estimate of drug-likeness (QED) is 0.237. The van der Waals surface area contributed by atoms with Crippen LogP contribution in [0.25, 0.3) is 0 Å². The number of nitrogens with zero attached hydrogens (tertiary/aromatic N) is 1. The molecule has 2 aliphatic heterocycles. The molecule has 1 fully saturated rings. The summed E-state index contributed by atoms with van der Waals surface area (Å²) >= 11 is -2.81. The number of carbonyl (C=O) groups excluding carboxylic acids is 1. The molecule has 1 aromatic rings. The average molecular weight is 604 g/mol. The first kappa shape index (κ1) is 29.5. The average Bonchev–Trinajstić information content (AvgIpc) is 3.27. The molecular weight excluding hydrogens is 553 g/mol. The molecule has 4 nitrogen and oxygen atoms in total. The first-order valence-corrected chi connectivity index (χ1v) is 22.1. The van der Waals surface area contributed by atoms with E-state index >= 15 is 0 Å². The van der Waals surface area contributed by atoms with E-state index in [9.17, 15) is 4.79 Å². The molecule has 202 valence electrons. The van der Waals surface area contributed by atoms with E-state index in [2.05, 4.69) is 57.2 Å². The third-order valence-corrected chi connectivity index (χ3v) is 24.4. The molecule has 0 aliphatic carbocycles. The van der Waals surface area contributed by atoms with Crippen LogP contribution in [0.4, 0.5) is 4.79 Å². The Balaban J connectivity index is 2.14. The number of likely N-dealkylation sites (tertiary alicyclic amines) is 1. The van der Waals surface area contributed by atoms with E-state index in [1.165, 1.54) is 57.4 Å².